The molecule has 0 saturated carbocycles. The Morgan fingerprint density at radius 2 is 1.52 bits per heavy atom. The van der Waals surface area contributed by atoms with Crippen molar-refractivity contribution in [1.29, 1.82) is 0 Å². The summed E-state index contributed by atoms with van der Waals surface area (Å²) in [4.78, 5) is 15.9. The molecule has 0 aromatic rings. The Bertz CT molecular complexity index is 1100. The van der Waals surface area contributed by atoms with Crippen molar-refractivity contribution in [2.24, 2.45) is 17.8 Å². The van der Waals surface area contributed by atoms with Crippen molar-refractivity contribution >= 4 is 5.97 Å². The smallest absolute Gasteiger partial charge is 0.311 e. The lowest BCUT2D eigenvalue weighted by molar-refractivity contribution is -0.317. The van der Waals surface area contributed by atoms with Crippen LogP contribution in [0.1, 0.15) is 88.5 Å². The van der Waals surface area contributed by atoms with E-state index in [4.69, 9.17) is 28.4 Å². The zero-order chi connectivity index (χ0) is 38.1. The van der Waals surface area contributed by atoms with Crippen LogP contribution >= 0.6 is 0 Å². The van der Waals surface area contributed by atoms with Crippen molar-refractivity contribution in [3.05, 3.63) is 0 Å². The first-order valence-electron chi connectivity index (χ1n) is 18.2. The van der Waals surface area contributed by atoms with Crippen LogP contribution in [0.5, 0.6) is 0 Å². The van der Waals surface area contributed by atoms with Crippen LogP contribution < -0.4 is 5.32 Å². The average Bonchev–Trinajstić information content (AvgIpc) is 3.03. The van der Waals surface area contributed by atoms with E-state index in [-0.39, 0.29) is 31.0 Å². The van der Waals surface area contributed by atoms with E-state index < -0.39 is 95.8 Å². The fourth-order valence-electron chi connectivity index (χ4n) is 7.93. The van der Waals surface area contributed by atoms with Gasteiger partial charge >= 0.3 is 5.97 Å². The van der Waals surface area contributed by atoms with Crippen molar-refractivity contribution < 1.29 is 58.7 Å². The number of hydrogen-bond donors (Lipinski definition) is 6. The molecule has 0 amide bonds. The van der Waals surface area contributed by atoms with Gasteiger partial charge < -0.3 is 64.2 Å². The number of rotatable bonds is 6. The number of carbonyl (C=O) groups is 1. The molecule has 50 heavy (non-hydrogen) atoms. The number of ether oxygens (including phenoxy) is 6. The van der Waals surface area contributed by atoms with Crippen LogP contribution in [-0.2, 0) is 33.2 Å². The number of methoxy groups -OCH3 is 1. The third-order valence-corrected chi connectivity index (χ3v) is 11.6. The number of cyclic esters (lactones) is 1. The summed E-state index contributed by atoms with van der Waals surface area (Å²) in [6.45, 7) is 17.4. The van der Waals surface area contributed by atoms with Gasteiger partial charge in [-0.2, -0.15) is 0 Å². The first-order chi connectivity index (χ1) is 23.0. The molecule has 294 valence electrons. The molecule has 14 heteroatoms. The quantitative estimate of drug-likeness (QED) is 0.215. The second kappa shape index (κ2) is 17.0. The highest BCUT2D eigenvalue weighted by molar-refractivity contribution is 5.73. The predicted octanol–water partition coefficient (Wildman–Crippen LogP) is 1.17. The number of likely N-dealkylation sites (N-methyl/N-ethyl adjacent to an activating group) is 1. The largest absolute Gasteiger partial charge is 0.459 e. The van der Waals surface area contributed by atoms with Crippen molar-refractivity contribution in [3.63, 3.8) is 0 Å². The molecule has 0 aromatic heterocycles. The van der Waals surface area contributed by atoms with Crippen molar-refractivity contribution in [3.8, 4) is 0 Å². The number of aliphatic hydroxyl groups excluding tert-OH is 3. The van der Waals surface area contributed by atoms with Crippen molar-refractivity contribution in [2.45, 2.75) is 179 Å². The van der Waals surface area contributed by atoms with Crippen LogP contribution in [0.3, 0.4) is 0 Å². The Morgan fingerprint density at radius 3 is 2.10 bits per heavy atom. The molecule has 3 aliphatic rings. The van der Waals surface area contributed by atoms with Gasteiger partial charge in [-0.15, -0.1) is 0 Å². The number of nitrogens with zero attached hydrogens (tertiary/aromatic N) is 1. The van der Waals surface area contributed by atoms with Crippen LogP contribution in [0, 0.1) is 17.8 Å². The first kappa shape index (κ1) is 43.4. The molecule has 3 saturated heterocycles. The molecule has 0 spiro atoms. The molecule has 3 heterocycles. The standard InChI is InChI=1S/C36H68N2O12/c1-18-17-37-19(2)15-34(8,43)31(50-33-27(39)25(38(11)12)14-20(3)46-33)21(4)28(22(5)32(42)48-24(7)36(10,44)29(18)40)49-26-16-35(9,45-13)30(41)23(6)47-26/h18-31,33,37,39-41,43-44H,14-17H2,1-13H3/t18?,19-,20?,21+,22-,23?,24-,25?,26?,27?,28+,29-,30?,31-,33?,34+,35?,36-/m1/s1. The Morgan fingerprint density at radius 1 is 0.900 bits per heavy atom. The van der Waals surface area contributed by atoms with Crippen LogP contribution in [0.25, 0.3) is 0 Å². The Labute approximate surface area is 299 Å². The van der Waals surface area contributed by atoms with Gasteiger partial charge in [0.25, 0.3) is 0 Å². The lowest BCUT2D eigenvalue weighted by Crippen LogP contribution is -2.60. The monoisotopic (exact) mass is 720 g/mol. The summed E-state index contributed by atoms with van der Waals surface area (Å²) in [6, 6.07) is -0.567. The van der Waals surface area contributed by atoms with E-state index in [1.165, 1.54) is 21.0 Å². The maximum Gasteiger partial charge on any atom is 0.311 e. The fourth-order valence-corrected chi connectivity index (χ4v) is 7.93. The lowest BCUT2D eigenvalue weighted by atomic mass is 9.78. The number of aliphatic hydroxyl groups is 5. The molecular weight excluding hydrogens is 652 g/mol. The number of carbonyl (C=O) groups excluding carboxylic acids is 1. The van der Waals surface area contributed by atoms with Crippen LogP contribution in [0.2, 0.25) is 0 Å². The molecule has 6 N–H and O–H groups in total. The molecule has 3 rings (SSSR count). The number of esters is 1. The summed E-state index contributed by atoms with van der Waals surface area (Å²) >= 11 is 0. The lowest BCUT2D eigenvalue weighted by Gasteiger charge is -2.48. The zero-order valence-corrected chi connectivity index (χ0v) is 32.5. The highest BCUT2D eigenvalue weighted by Gasteiger charge is 2.52. The number of nitrogens with one attached hydrogen (secondary N) is 1. The molecule has 0 aliphatic carbocycles. The molecule has 0 bridgehead atoms. The van der Waals surface area contributed by atoms with Crippen LogP contribution in [0.4, 0.5) is 0 Å². The van der Waals surface area contributed by atoms with E-state index >= 15 is 0 Å². The minimum Gasteiger partial charge on any atom is -0.459 e. The Hall–Kier alpha value is -1.01. The van der Waals surface area contributed by atoms with Crippen LogP contribution in [0.15, 0.2) is 0 Å². The Balaban J connectivity index is 2.13. The van der Waals surface area contributed by atoms with Gasteiger partial charge in [-0.25, -0.2) is 0 Å². The van der Waals surface area contributed by atoms with Gasteiger partial charge in [0.15, 0.2) is 12.6 Å². The van der Waals surface area contributed by atoms with E-state index in [1.54, 1.807) is 41.5 Å². The summed E-state index contributed by atoms with van der Waals surface area (Å²) in [6.07, 6.45) is -8.52. The predicted molar refractivity (Wildman–Crippen MR) is 185 cm³/mol. The third kappa shape index (κ3) is 9.74. The topological polar surface area (TPSA) is 189 Å². The maximum absolute atomic E-state index is 14.0. The molecule has 3 fully saturated rings. The van der Waals surface area contributed by atoms with Gasteiger partial charge in [0.2, 0.25) is 0 Å². The second-order valence-corrected chi connectivity index (χ2v) is 16.4. The highest BCUT2D eigenvalue weighted by Crippen LogP contribution is 2.39. The van der Waals surface area contributed by atoms with E-state index in [9.17, 15) is 30.3 Å². The summed E-state index contributed by atoms with van der Waals surface area (Å²) in [5.41, 5.74) is -4.38. The summed E-state index contributed by atoms with van der Waals surface area (Å²) in [7, 11) is 5.26. The van der Waals surface area contributed by atoms with E-state index in [1.807, 2.05) is 32.8 Å². The van der Waals surface area contributed by atoms with Gasteiger partial charge in [-0.1, -0.05) is 13.8 Å². The molecule has 0 radical (unpaired) electrons. The zero-order valence-electron chi connectivity index (χ0n) is 32.5. The molecular formula is C36H68N2O12. The normalized spacial score (nSPS) is 50.7. The molecule has 9 unspecified atom stereocenters. The van der Waals surface area contributed by atoms with Gasteiger partial charge in [0, 0.05) is 38.1 Å². The highest BCUT2D eigenvalue weighted by atomic mass is 16.7. The van der Waals surface area contributed by atoms with E-state index in [2.05, 4.69) is 5.32 Å². The van der Waals surface area contributed by atoms with Gasteiger partial charge in [-0.3, -0.25) is 4.79 Å². The maximum atomic E-state index is 14.0. The van der Waals surface area contributed by atoms with Crippen molar-refractivity contribution in [2.75, 3.05) is 27.7 Å². The summed E-state index contributed by atoms with van der Waals surface area (Å²) in [5.74, 6) is -2.92. The van der Waals surface area contributed by atoms with E-state index in [0.29, 0.717) is 13.0 Å². The summed E-state index contributed by atoms with van der Waals surface area (Å²) in [5, 5.41) is 60.6. The molecule has 3 aliphatic heterocycles. The number of hydrogen-bond acceptors (Lipinski definition) is 14. The average molecular weight is 721 g/mol. The molecule has 18 atom stereocenters. The van der Waals surface area contributed by atoms with Gasteiger partial charge in [-0.05, 0) is 88.2 Å². The third-order valence-electron chi connectivity index (χ3n) is 11.6. The van der Waals surface area contributed by atoms with Gasteiger partial charge in [0.05, 0.1) is 47.6 Å². The van der Waals surface area contributed by atoms with Gasteiger partial charge in [0.1, 0.15) is 23.9 Å². The van der Waals surface area contributed by atoms with E-state index in [0.717, 1.165) is 0 Å². The van der Waals surface area contributed by atoms with Crippen molar-refractivity contribution in [1.82, 2.24) is 10.2 Å². The molecule has 0 aromatic carbocycles. The minimum atomic E-state index is -1.79. The second-order valence-electron chi connectivity index (χ2n) is 16.4. The molecule has 14 nitrogen and oxygen atoms in total. The fraction of sp³-hybridized carbons (Fsp3) is 0.972. The first-order valence-corrected chi connectivity index (χ1v) is 18.2. The SMILES string of the molecule is COC1(C)CC(O[C@H]2[C@H](C)[C@@H](OC3OC(C)CC(N(C)C)C3O)[C@@](C)(O)C[C@@H](C)NCC(C)[C@@H](O)[C@](C)(O)[C@@H](C)OC(=O)[C@@H]2C)OC(C)C1O. The summed E-state index contributed by atoms with van der Waals surface area (Å²) < 4.78 is 37.1. The minimum absolute atomic E-state index is 0.130. The Kier molecular flexibility index (Phi) is 14.7. The van der Waals surface area contributed by atoms with Crippen LogP contribution in [-0.4, -0.2) is 154 Å².